The molecule has 3 rings (SSSR count). The first-order valence-corrected chi connectivity index (χ1v) is 10.0. The number of rotatable bonds is 7. The third-order valence-corrected chi connectivity index (χ3v) is 4.65. The lowest BCUT2D eigenvalue weighted by molar-refractivity contribution is 0.122. The van der Waals surface area contributed by atoms with Crippen molar-refractivity contribution >= 4 is 23.4 Å². The molecule has 1 aliphatic rings. The van der Waals surface area contributed by atoms with Crippen LogP contribution in [0.25, 0.3) is 0 Å². The van der Waals surface area contributed by atoms with E-state index in [1.165, 1.54) is 0 Å². The summed E-state index contributed by atoms with van der Waals surface area (Å²) in [4.78, 5) is 15.7. The maximum atomic E-state index is 5.83. The van der Waals surface area contributed by atoms with Crippen LogP contribution in [0.5, 0.6) is 0 Å². The van der Waals surface area contributed by atoms with Gasteiger partial charge in [0.25, 0.3) is 0 Å². The summed E-state index contributed by atoms with van der Waals surface area (Å²) in [6, 6.07) is 7.85. The van der Waals surface area contributed by atoms with E-state index in [0.717, 1.165) is 68.7 Å². The molecular formula is C20H27ClN6O. The molecule has 0 saturated carbocycles. The van der Waals surface area contributed by atoms with Crippen LogP contribution in [0.15, 0.2) is 41.7 Å². The van der Waals surface area contributed by atoms with Crippen molar-refractivity contribution in [3.8, 4) is 0 Å². The molecule has 28 heavy (non-hydrogen) atoms. The molecule has 0 radical (unpaired) electrons. The first-order valence-electron chi connectivity index (χ1n) is 9.65. The largest absolute Gasteiger partial charge is 0.378 e. The highest BCUT2D eigenvalue weighted by Gasteiger charge is 2.15. The fourth-order valence-electron chi connectivity index (χ4n) is 3.00. The second-order valence-electron chi connectivity index (χ2n) is 6.45. The van der Waals surface area contributed by atoms with E-state index in [9.17, 15) is 0 Å². The SMILES string of the molecule is CCNC(=NCc1cccnc1N1CCOCC1)NCCc1ccc(Cl)nc1. The highest BCUT2D eigenvalue weighted by Crippen LogP contribution is 2.19. The predicted molar refractivity (Wildman–Crippen MR) is 113 cm³/mol. The van der Waals surface area contributed by atoms with Gasteiger partial charge in [0.15, 0.2) is 5.96 Å². The normalized spacial score (nSPS) is 14.8. The Labute approximate surface area is 171 Å². The quantitative estimate of drug-likeness (QED) is 0.420. The van der Waals surface area contributed by atoms with Crippen LogP contribution in [0.4, 0.5) is 5.82 Å². The Morgan fingerprint density at radius 1 is 1.21 bits per heavy atom. The number of aromatic nitrogens is 2. The molecule has 0 aromatic carbocycles. The van der Waals surface area contributed by atoms with Crippen LogP contribution in [-0.4, -0.2) is 55.3 Å². The van der Waals surface area contributed by atoms with Crippen LogP contribution < -0.4 is 15.5 Å². The molecular weight excluding hydrogens is 376 g/mol. The molecule has 7 nitrogen and oxygen atoms in total. The topological polar surface area (TPSA) is 74.7 Å². The monoisotopic (exact) mass is 402 g/mol. The fraction of sp³-hybridized carbons (Fsp3) is 0.450. The summed E-state index contributed by atoms with van der Waals surface area (Å²) in [5.41, 5.74) is 2.25. The Bertz CT molecular complexity index is 762. The molecule has 2 aromatic heterocycles. The van der Waals surface area contributed by atoms with Crippen LogP contribution in [0, 0.1) is 0 Å². The lowest BCUT2D eigenvalue weighted by Crippen LogP contribution is -2.38. The van der Waals surface area contributed by atoms with Crippen LogP contribution in [-0.2, 0) is 17.7 Å². The van der Waals surface area contributed by atoms with Crippen molar-refractivity contribution in [2.24, 2.45) is 4.99 Å². The van der Waals surface area contributed by atoms with Crippen LogP contribution in [0.3, 0.4) is 0 Å². The van der Waals surface area contributed by atoms with Crippen molar-refractivity contribution in [1.29, 1.82) is 0 Å². The van der Waals surface area contributed by atoms with Gasteiger partial charge in [-0.1, -0.05) is 23.7 Å². The molecule has 0 atom stereocenters. The molecule has 2 N–H and O–H groups in total. The highest BCUT2D eigenvalue weighted by atomic mass is 35.5. The number of aliphatic imine (C=N–C) groups is 1. The molecule has 0 unspecified atom stereocenters. The second-order valence-corrected chi connectivity index (χ2v) is 6.83. The van der Waals surface area contributed by atoms with Gasteiger partial charge >= 0.3 is 0 Å². The Hall–Kier alpha value is -2.38. The van der Waals surface area contributed by atoms with Gasteiger partial charge < -0.3 is 20.3 Å². The number of nitrogens with one attached hydrogen (secondary N) is 2. The van der Waals surface area contributed by atoms with Crippen molar-refractivity contribution in [1.82, 2.24) is 20.6 Å². The number of hydrogen-bond acceptors (Lipinski definition) is 5. The van der Waals surface area contributed by atoms with Gasteiger partial charge in [-0.05, 0) is 31.0 Å². The molecule has 0 spiro atoms. The zero-order chi connectivity index (χ0) is 19.6. The zero-order valence-corrected chi connectivity index (χ0v) is 17.0. The highest BCUT2D eigenvalue weighted by molar-refractivity contribution is 6.29. The van der Waals surface area contributed by atoms with E-state index in [1.54, 1.807) is 6.20 Å². The maximum Gasteiger partial charge on any atom is 0.191 e. The fourth-order valence-corrected chi connectivity index (χ4v) is 3.11. The third-order valence-electron chi connectivity index (χ3n) is 4.42. The molecule has 1 fully saturated rings. The maximum absolute atomic E-state index is 5.83. The number of morpholine rings is 1. The summed E-state index contributed by atoms with van der Waals surface area (Å²) in [6.07, 6.45) is 4.49. The van der Waals surface area contributed by atoms with Crippen molar-refractivity contribution in [3.63, 3.8) is 0 Å². The van der Waals surface area contributed by atoms with Gasteiger partial charge in [0.05, 0.1) is 19.8 Å². The minimum absolute atomic E-state index is 0.513. The van der Waals surface area contributed by atoms with Crippen LogP contribution in [0.2, 0.25) is 5.15 Å². The number of hydrogen-bond donors (Lipinski definition) is 2. The van der Waals surface area contributed by atoms with Crippen LogP contribution in [0.1, 0.15) is 18.1 Å². The van der Waals surface area contributed by atoms with Crippen molar-refractivity contribution in [2.45, 2.75) is 19.9 Å². The summed E-state index contributed by atoms with van der Waals surface area (Å²) in [7, 11) is 0. The molecule has 1 aliphatic heterocycles. The Kier molecular flexibility index (Phi) is 7.87. The van der Waals surface area contributed by atoms with E-state index < -0.39 is 0 Å². The summed E-state index contributed by atoms with van der Waals surface area (Å²) in [5, 5.41) is 7.19. The third kappa shape index (κ3) is 6.07. The van der Waals surface area contributed by atoms with E-state index in [0.29, 0.717) is 11.7 Å². The number of pyridine rings is 2. The number of ether oxygens (including phenoxy) is 1. The van der Waals surface area contributed by atoms with E-state index in [2.05, 4.69) is 38.5 Å². The average molecular weight is 403 g/mol. The number of halogens is 1. The van der Waals surface area contributed by atoms with Gasteiger partial charge in [0, 0.05) is 44.1 Å². The summed E-state index contributed by atoms with van der Waals surface area (Å²) in [6.45, 7) is 7.40. The first-order chi connectivity index (χ1) is 13.8. The predicted octanol–water partition coefficient (Wildman–Crippen LogP) is 2.26. The Morgan fingerprint density at radius 3 is 2.82 bits per heavy atom. The molecule has 1 saturated heterocycles. The Morgan fingerprint density at radius 2 is 2.07 bits per heavy atom. The van der Waals surface area contributed by atoms with Gasteiger partial charge in [-0.25, -0.2) is 15.0 Å². The first kappa shape index (κ1) is 20.4. The van der Waals surface area contributed by atoms with Gasteiger partial charge in [-0.3, -0.25) is 0 Å². The molecule has 150 valence electrons. The molecule has 0 amide bonds. The van der Waals surface area contributed by atoms with Gasteiger partial charge in [0.1, 0.15) is 11.0 Å². The smallest absolute Gasteiger partial charge is 0.191 e. The Balaban J connectivity index is 1.60. The van der Waals surface area contributed by atoms with Crippen molar-refractivity contribution < 1.29 is 4.74 Å². The second kappa shape index (κ2) is 10.8. The minimum atomic E-state index is 0.513. The number of guanidine groups is 1. The van der Waals surface area contributed by atoms with Crippen molar-refractivity contribution in [2.75, 3.05) is 44.3 Å². The van der Waals surface area contributed by atoms with Crippen LogP contribution >= 0.6 is 11.6 Å². The standard InChI is InChI=1S/C20H27ClN6O/c1-2-22-20(24-9-7-16-5-6-18(21)25-14-16)26-15-17-4-3-8-23-19(17)27-10-12-28-13-11-27/h3-6,8,14H,2,7,9-13,15H2,1H3,(H2,22,24,26). The van der Waals surface area contributed by atoms with E-state index in [1.807, 2.05) is 24.4 Å². The lowest BCUT2D eigenvalue weighted by atomic mass is 10.2. The van der Waals surface area contributed by atoms with Gasteiger partial charge in [0.2, 0.25) is 0 Å². The van der Waals surface area contributed by atoms with Gasteiger partial charge in [-0.2, -0.15) is 0 Å². The van der Waals surface area contributed by atoms with E-state index in [4.69, 9.17) is 21.3 Å². The lowest BCUT2D eigenvalue weighted by Gasteiger charge is -2.29. The van der Waals surface area contributed by atoms with Crippen molar-refractivity contribution in [3.05, 3.63) is 52.9 Å². The van der Waals surface area contributed by atoms with Gasteiger partial charge in [-0.15, -0.1) is 0 Å². The minimum Gasteiger partial charge on any atom is -0.378 e. The molecule has 0 bridgehead atoms. The van der Waals surface area contributed by atoms with E-state index in [-0.39, 0.29) is 0 Å². The number of anilines is 1. The molecule has 2 aromatic rings. The van der Waals surface area contributed by atoms with E-state index >= 15 is 0 Å². The summed E-state index contributed by atoms with van der Waals surface area (Å²) in [5.74, 6) is 1.79. The molecule has 8 heteroatoms. The summed E-state index contributed by atoms with van der Waals surface area (Å²) < 4.78 is 5.45. The zero-order valence-electron chi connectivity index (χ0n) is 16.2. The summed E-state index contributed by atoms with van der Waals surface area (Å²) >= 11 is 5.83. The molecule has 0 aliphatic carbocycles. The number of nitrogens with zero attached hydrogens (tertiary/aromatic N) is 4. The average Bonchev–Trinajstić information content (AvgIpc) is 2.74. The molecule has 3 heterocycles.